The predicted molar refractivity (Wildman–Crippen MR) is 76.5 cm³/mol. The fraction of sp³-hybridized carbons (Fsp3) is 0.286. The first-order valence-corrected chi connectivity index (χ1v) is 6.51. The zero-order valence-electron chi connectivity index (χ0n) is 11.3. The molecule has 0 saturated heterocycles. The van der Waals surface area contributed by atoms with Crippen LogP contribution < -0.4 is 11.2 Å². The molecule has 1 N–H and O–H groups in total. The average Bonchev–Trinajstić information content (AvgIpc) is 2.25. The number of rotatable bonds is 2. The maximum Gasteiger partial charge on any atom is 0.334 e. The van der Waals surface area contributed by atoms with Gasteiger partial charge in [-0.1, -0.05) is 25.4 Å². The first-order valence-electron chi connectivity index (χ1n) is 6.13. The first-order chi connectivity index (χ1) is 9.31. The van der Waals surface area contributed by atoms with Gasteiger partial charge in [0, 0.05) is 0 Å². The Balaban J connectivity index is 2.84. The predicted octanol–water partition coefficient (Wildman–Crippen LogP) is 2.75. The highest BCUT2D eigenvalue weighted by atomic mass is 35.5. The third-order valence-corrected chi connectivity index (χ3v) is 3.25. The van der Waals surface area contributed by atoms with Crippen molar-refractivity contribution in [3.63, 3.8) is 0 Å². The Bertz CT molecular complexity index is 757. The minimum absolute atomic E-state index is 0.0272. The van der Waals surface area contributed by atoms with Gasteiger partial charge in [0.15, 0.2) is 0 Å². The third kappa shape index (κ3) is 2.54. The van der Waals surface area contributed by atoms with E-state index >= 15 is 0 Å². The van der Waals surface area contributed by atoms with Crippen LogP contribution >= 0.6 is 11.6 Å². The van der Waals surface area contributed by atoms with Crippen molar-refractivity contribution in [3.8, 4) is 5.69 Å². The van der Waals surface area contributed by atoms with Crippen molar-refractivity contribution in [2.24, 2.45) is 0 Å². The molecule has 1 aromatic carbocycles. The zero-order chi connectivity index (χ0) is 15.0. The van der Waals surface area contributed by atoms with Crippen LogP contribution in [0.3, 0.4) is 0 Å². The van der Waals surface area contributed by atoms with Crippen molar-refractivity contribution in [1.29, 1.82) is 0 Å². The molecule has 0 saturated carbocycles. The number of aryl methyl sites for hydroxylation is 1. The van der Waals surface area contributed by atoms with E-state index in [2.05, 4.69) is 4.98 Å². The summed E-state index contributed by atoms with van der Waals surface area (Å²) in [5.74, 6) is -0.667. The lowest BCUT2D eigenvalue weighted by Crippen LogP contribution is -2.36. The van der Waals surface area contributed by atoms with Gasteiger partial charge in [0.25, 0.3) is 5.56 Å². The molecule has 2 rings (SSSR count). The van der Waals surface area contributed by atoms with Gasteiger partial charge in [-0.25, -0.2) is 13.8 Å². The van der Waals surface area contributed by atoms with E-state index in [0.29, 0.717) is 11.1 Å². The Morgan fingerprint density at radius 2 is 1.90 bits per heavy atom. The van der Waals surface area contributed by atoms with Crippen LogP contribution in [0.5, 0.6) is 0 Å². The largest absolute Gasteiger partial charge is 0.334 e. The summed E-state index contributed by atoms with van der Waals surface area (Å²) in [4.78, 5) is 26.8. The lowest BCUT2D eigenvalue weighted by molar-refractivity contribution is 0.624. The Labute approximate surface area is 119 Å². The maximum absolute atomic E-state index is 13.5. The van der Waals surface area contributed by atoms with Crippen LogP contribution in [-0.4, -0.2) is 9.55 Å². The Morgan fingerprint density at radius 3 is 2.45 bits per heavy atom. The molecule has 6 heteroatoms. The molecule has 0 bridgehead atoms. The molecule has 0 fully saturated rings. The molecule has 0 unspecified atom stereocenters. The molecule has 0 amide bonds. The monoisotopic (exact) mass is 296 g/mol. The SMILES string of the molecule is Cc1cc(F)cc(-n2c(=O)[nH]c(Cl)c(C(C)C)c2=O)c1. The van der Waals surface area contributed by atoms with E-state index in [0.717, 1.165) is 10.6 Å². The molecule has 0 radical (unpaired) electrons. The molecule has 0 spiro atoms. The van der Waals surface area contributed by atoms with Crippen LogP contribution in [0.4, 0.5) is 4.39 Å². The number of aromatic nitrogens is 2. The summed E-state index contributed by atoms with van der Waals surface area (Å²) < 4.78 is 14.4. The molecule has 2 aromatic rings. The minimum atomic E-state index is -0.686. The highest BCUT2D eigenvalue weighted by Crippen LogP contribution is 2.18. The van der Waals surface area contributed by atoms with E-state index in [1.165, 1.54) is 6.07 Å². The van der Waals surface area contributed by atoms with E-state index in [1.54, 1.807) is 26.8 Å². The molecule has 0 aliphatic carbocycles. The summed E-state index contributed by atoms with van der Waals surface area (Å²) >= 11 is 5.91. The van der Waals surface area contributed by atoms with E-state index in [4.69, 9.17) is 11.6 Å². The average molecular weight is 297 g/mol. The summed E-state index contributed by atoms with van der Waals surface area (Å²) in [5, 5.41) is 0.0272. The molecule has 0 aliphatic heterocycles. The van der Waals surface area contributed by atoms with Crippen LogP contribution in [0.25, 0.3) is 5.69 Å². The van der Waals surface area contributed by atoms with Crippen molar-refractivity contribution in [3.05, 3.63) is 61.1 Å². The Morgan fingerprint density at radius 1 is 1.25 bits per heavy atom. The smallest absolute Gasteiger partial charge is 0.297 e. The van der Waals surface area contributed by atoms with Crippen LogP contribution in [0.2, 0.25) is 5.15 Å². The second-order valence-electron chi connectivity index (χ2n) is 4.94. The summed E-state index contributed by atoms with van der Waals surface area (Å²) in [7, 11) is 0. The maximum atomic E-state index is 13.5. The Kier molecular flexibility index (Phi) is 3.81. The van der Waals surface area contributed by atoms with Crippen LogP contribution in [0.15, 0.2) is 27.8 Å². The van der Waals surface area contributed by atoms with Crippen molar-refractivity contribution >= 4 is 11.6 Å². The summed E-state index contributed by atoms with van der Waals surface area (Å²) in [6.07, 6.45) is 0. The van der Waals surface area contributed by atoms with E-state index in [1.807, 2.05) is 0 Å². The molecule has 106 valence electrons. The molecular weight excluding hydrogens is 283 g/mol. The quantitative estimate of drug-likeness (QED) is 0.866. The fourth-order valence-corrected chi connectivity index (χ4v) is 2.48. The van der Waals surface area contributed by atoms with Gasteiger partial charge in [0.1, 0.15) is 11.0 Å². The first kappa shape index (κ1) is 14.5. The van der Waals surface area contributed by atoms with E-state index in [9.17, 15) is 14.0 Å². The fourth-order valence-electron chi connectivity index (χ4n) is 2.10. The number of hydrogen-bond donors (Lipinski definition) is 1. The van der Waals surface area contributed by atoms with E-state index < -0.39 is 17.1 Å². The van der Waals surface area contributed by atoms with Crippen molar-refractivity contribution in [2.45, 2.75) is 26.7 Å². The van der Waals surface area contributed by atoms with Gasteiger partial charge < -0.3 is 0 Å². The lowest BCUT2D eigenvalue weighted by atomic mass is 10.1. The number of H-pyrrole nitrogens is 1. The van der Waals surface area contributed by atoms with Gasteiger partial charge in [-0.15, -0.1) is 0 Å². The van der Waals surface area contributed by atoms with Crippen molar-refractivity contribution < 1.29 is 4.39 Å². The van der Waals surface area contributed by atoms with Crippen LogP contribution in [0, 0.1) is 12.7 Å². The highest BCUT2D eigenvalue weighted by molar-refractivity contribution is 6.30. The number of halogens is 2. The van der Waals surface area contributed by atoms with Crippen molar-refractivity contribution in [1.82, 2.24) is 9.55 Å². The number of benzene rings is 1. The van der Waals surface area contributed by atoms with E-state index in [-0.39, 0.29) is 16.8 Å². The van der Waals surface area contributed by atoms with Gasteiger partial charge in [-0.3, -0.25) is 9.78 Å². The summed E-state index contributed by atoms with van der Waals surface area (Å²) in [5.41, 5.74) is -0.110. The third-order valence-electron chi connectivity index (χ3n) is 2.95. The zero-order valence-corrected chi connectivity index (χ0v) is 12.1. The number of aromatic amines is 1. The molecule has 20 heavy (non-hydrogen) atoms. The minimum Gasteiger partial charge on any atom is -0.297 e. The van der Waals surface area contributed by atoms with Gasteiger partial charge in [0.05, 0.1) is 11.3 Å². The van der Waals surface area contributed by atoms with Crippen LogP contribution in [0.1, 0.15) is 30.9 Å². The molecule has 4 nitrogen and oxygen atoms in total. The molecule has 0 atom stereocenters. The lowest BCUT2D eigenvalue weighted by Gasteiger charge is -2.11. The standard InChI is InChI=1S/C14H14ClFN2O2/c1-7(2)11-12(15)17-14(20)18(13(11)19)10-5-8(3)4-9(16)6-10/h4-7H,1-3H3,(H,17,20). The molecule has 1 aromatic heterocycles. The van der Waals surface area contributed by atoms with Crippen molar-refractivity contribution in [2.75, 3.05) is 0 Å². The topological polar surface area (TPSA) is 54.9 Å². The summed E-state index contributed by atoms with van der Waals surface area (Å²) in [6, 6.07) is 4.03. The number of nitrogens with one attached hydrogen (secondary N) is 1. The molecule has 1 heterocycles. The van der Waals surface area contributed by atoms with Gasteiger partial charge in [0.2, 0.25) is 0 Å². The number of hydrogen-bond acceptors (Lipinski definition) is 2. The molecule has 0 aliphatic rings. The van der Waals surface area contributed by atoms with Crippen LogP contribution in [-0.2, 0) is 0 Å². The normalized spacial score (nSPS) is 11.1. The number of nitrogens with zero attached hydrogens (tertiary/aromatic N) is 1. The molecular formula is C14H14ClFN2O2. The highest BCUT2D eigenvalue weighted by Gasteiger charge is 2.17. The van der Waals surface area contributed by atoms with Gasteiger partial charge in [-0.05, 0) is 36.6 Å². The van der Waals surface area contributed by atoms with Gasteiger partial charge >= 0.3 is 5.69 Å². The second-order valence-corrected chi connectivity index (χ2v) is 5.32. The van der Waals surface area contributed by atoms with Gasteiger partial charge in [-0.2, -0.15) is 0 Å². The Hall–Kier alpha value is -1.88. The summed E-state index contributed by atoms with van der Waals surface area (Å²) in [6.45, 7) is 5.27. The second kappa shape index (κ2) is 5.25.